The van der Waals surface area contributed by atoms with Crippen molar-refractivity contribution in [2.75, 3.05) is 15.5 Å². The van der Waals surface area contributed by atoms with Gasteiger partial charge in [0.05, 0.1) is 17.7 Å². The molecule has 2 atom stereocenters. The first-order valence-corrected chi connectivity index (χ1v) is 12.2. The summed E-state index contributed by atoms with van der Waals surface area (Å²) in [4.78, 5) is 26.9. The SMILES string of the molecule is CC(=O)N1c2ccc(-c3cccc(NC(=O)C(C)(C)C)c3)cc2[C@H](Nc2ccc(C#N)cc2)C[C@@H]1C. The quantitative estimate of drug-likeness (QED) is 0.446. The van der Waals surface area contributed by atoms with E-state index in [1.54, 1.807) is 19.1 Å². The fraction of sp³-hybridized carbons (Fsp3) is 0.300. The zero-order valence-electron chi connectivity index (χ0n) is 21.4. The summed E-state index contributed by atoms with van der Waals surface area (Å²) in [6.45, 7) is 9.33. The van der Waals surface area contributed by atoms with Crippen molar-refractivity contribution in [2.24, 2.45) is 5.41 Å². The number of carbonyl (C=O) groups excluding carboxylic acids is 2. The molecule has 184 valence electrons. The number of carbonyl (C=O) groups is 2. The van der Waals surface area contributed by atoms with Crippen LogP contribution in [0.5, 0.6) is 0 Å². The minimum atomic E-state index is -0.487. The number of nitrogens with zero attached hydrogens (tertiary/aromatic N) is 2. The largest absolute Gasteiger partial charge is 0.378 e. The molecule has 2 amide bonds. The van der Waals surface area contributed by atoms with Gasteiger partial charge in [-0.25, -0.2) is 0 Å². The number of nitriles is 1. The molecular weight excluding hydrogens is 448 g/mol. The van der Waals surface area contributed by atoms with E-state index in [1.165, 1.54) is 0 Å². The van der Waals surface area contributed by atoms with E-state index in [-0.39, 0.29) is 23.9 Å². The van der Waals surface area contributed by atoms with E-state index in [0.29, 0.717) is 5.56 Å². The number of benzene rings is 3. The zero-order valence-corrected chi connectivity index (χ0v) is 21.4. The Morgan fingerprint density at radius 3 is 2.31 bits per heavy atom. The summed E-state index contributed by atoms with van der Waals surface area (Å²) in [5, 5.41) is 15.7. The lowest BCUT2D eigenvalue weighted by atomic mass is 9.88. The summed E-state index contributed by atoms with van der Waals surface area (Å²) in [5.74, 6) is -0.0249. The lowest BCUT2D eigenvalue weighted by Gasteiger charge is -2.39. The Hall–Kier alpha value is -4.11. The van der Waals surface area contributed by atoms with Crippen molar-refractivity contribution in [2.45, 2.75) is 53.1 Å². The number of hydrogen-bond donors (Lipinski definition) is 2. The normalized spacial score (nSPS) is 17.1. The summed E-state index contributed by atoms with van der Waals surface area (Å²) in [6.07, 6.45) is 0.748. The van der Waals surface area contributed by atoms with Crippen LogP contribution in [0, 0.1) is 16.7 Å². The van der Waals surface area contributed by atoms with E-state index >= 15 is 0 Å². The second-order valence-corrected chi connectivity index (χ2v) is 10.4. The van der Waals surface area contributed by atoms with Crippen molar-refractivity contribution in [3.8, 4) is 17.2 Å². The predicted octanol–water partition coefficient (Wildman–Crippen LogP) is 6.51. The first kappa shape index (κ1) is 25.0. The van der Waals surface area contributed by atoms with Crippen LogP contribution in [0.3, 0.4) is 0 Å². The third-order valence-corrected chi connectivity index (χ3v) is 6.51. The van der Waals surface area contributed by atoms with Gasteiger partial charge in [-0.2, -0.15) is 5.26 Å². The Labute approximate surface area is 212 Å². The lowest BCUT2D eigenvalue weighted by Crippen LogP contribution is -2.43. The molecular formula is C30H32N4O2. The molecule has 0 saturated heterocycles. The maximum absolute atomic E-state index is 12.5. The molecule has 0 bridgehead atoms. The summed E-state index contributed by atoms with van der Waals surface area (Å²) in [6, 6.07) is 23.6. The Morgan fingerprint density at radius 2 is 1.67 bits per heavy atom. The van der Waals surface area contributed by atoms with Crippen LogP contribution in [-0.4, -0.2) is 17.9 Å². The van der Waals surface area contributed by atoms with E-state index < -0.39 is 5.41 Å². The third kappa shape index (κ3) is 5.26. The van der Waals surface area contributed by atoms with E-state index in [9.17, 15) is 9.59 Å². The van der Waals surface area contributed by atoms with Gasteiger partial charge in [-0.15, -0.1) is 0 Å². The Bertz CT molecular complexity index is 1330. The number of nitrogens with one attached hydrogen (secondary N) is 2. The number of amides is 2. The van der Waals surface area contributed by atoms with Gasteiger partial charge >= 0.3 is 0 Å². The fourth-order valence-corrected chi connectivity index (χ4v) is 4.60. The van der Waals surface area contributed by atoms with Gasteiger partial charge in [0.15, 0.2) is 0 Å². The summed E-state index contributed by atoms with van der Waals surface area (Å²) in [5.41, 5.74) is 5.71. The molecule has 0 unspecified atom stereocenters. The monoisotopic (exact) mass is 480 g/mol. The van der Waals surface area contributed by atoms with Crippen molar-refractivity contribution in [3.05, 3.63) is 77.9 Å². The molecule has 1 aliphatic heterocycles. The molecule has 1 heterocycles. The van der Waals surface area contributed by atoms with E-state index in [2.05, 4.69) is 29.7 Å². The van der Waals surface area contributed by atoms with Crippen molar-refractivity contribution in [1.82, 2.24) is 0 Å². The van der Waals surface area contributed by atoms with Gasteiger partial charge in [-0.3, -0.25) is 9.59 Å². The minimum Gasteiger partial charge on any atom is -0.378 e. The van der Waals surface area contributed by atoms with E-state index in [0.717, 1.165) is 40.2 Å². The zero-order chi connectivity index (χ0) is 26.0. The van der Waals surface area contributed by atoms with Crippen molar-refractivity contribution < 1.29 is 9.59 Å². The molecule has 2 N–H and O–H groups in total. The van der Waals surface area contributed by atoms with Crippen LogP contribution in [0.2, 0.25) is 0 Å². The highest BCUT2D eigenvalue weighted by atomic mass is 16.2. The van der Waals surface area contributed by atoms with E-state index in [1.807, 2.05) is 74.2 Å². The fourth-order valence-electron chi connectivity index (χ4n) is 4.60. The Kier molecular flexibility index (Phi) is 6.85. The Balaban J connectivity index is 1.71. The molecule has 4 rings (SSSR count). The molecule has 0 spiro atoms. The second kappa shape index (κ2) is 9.87. The van der Waals surface area contributed by atoms with Crippen LogP contribution in [-0.2, 0) is 9.59 Å². The molecule has 6 heteroatoms. The topological polar surface area (TPSA) is 85.2 Å². The van der Waals surface area contributed by atoms with Crippen LogP contribution >= 0.6 is 0 Å². The predicted molar refractivity (Wildman–Crippen MR) is 145 cm³/mol. The molecule has 3 aromatic rings. The molecule has 0 radical (unpaired) electrons. The van der Waals surface area contributed by atoms with Crippen molar-refractivity contribution >= 4 is 28.9 Å². The van der Waals surface area contributed by atoms with Crippen LogP contribution in [0.15, 0.2) is 66.7 Å². The maximum Gasteiger partial charge on any atom is 0.229 e. The first-order chi connectivity index (χ1) is 17.1. The van der Waals surface area contributed by atoms with Gasteiger partial charge in [-0.1, -0.05) is 39.0 Å². The molecule has 0 aromatic heterocycles. The molecule has 0 fully saturated rings. The Morgan fingerprint density at radius 1 is 0.972 bits per heavy atom. The average molecular weight is 481 g/mol. The lowest BCUT2D eigenvalue weighted by molar-refractivity contribution is -0.123. The molecule has 36 heavy (non-hydrogen) atoms. The number of anilines is 3. The highest BCUT2D eigenvalue weighted by Gasteiger charge is 2.32. The first-order valence-electron chi connectivity index (χ1n) is 12.2. The average Bonchev–Trinajstić information content (AvgIpc) is 2.83. The number of hydrogen-bond acceptors (Lipinski definition) is 4. The van der Waals surface area contributed by atoms with Gasteiger partial charge in [0.1, 0.15) is 0 Å². The molecule has 1 aliphatic rings. The van der Waals surface area contributed by atoms with Crippen LogP contribution in [0.1, 0.15) is 58.2 Å². The number of rotatable bonds is 4. The molecule has 0 saturated carbocycles. The minimum absolute atomic E-state index is 0.0118. The maximum atomic E-state index is 12.5. The summed E-state index contributed by atoms with van der Waals surface area (Å²) in [7, 11) is 0. The van der Waals surface area contributed by atoms with Gasteiger partial charge in [0, 0.05) is 35.4 Å². The van der Waals surface area contributed by atoms with Gasteiger partial charge < -0.3 is 15.5 Å². The van der Waals surface area contributed by atoms with Gasteiger partial charge in [0.2, 0.25) is 11.8 Å². The summed E-state index contributed by atoms with van der Waals surface area (Å²) < 4.78 is 0. The smallest absolute Gasteiger partial charge is 0.229 e. The van der Waals surface area contributed by atoms with Gasteiger partial charge in [-0.05, 0) is 78.6 Å². The standard InChI is InChI=1S/C30H32N4O2/c1-19-15-27(32-24-12-9-21(18-31)10-13-24)26-17-23(11-14-28(26)34(19)20(2)35)22-7-6-8-25(16-22)33-29(36)30(3,4)5/h6-14,16-17,19,27,32H,15H2,1-5H3,(H,33,36)/t19-,27+/m0/s1. The molecule has 3 aromatic carbocycles. The van der Waals surface area contributed by atoms with Crippen molar-refractivity contribution in [3.63, 3.8) is 0 Å². The van der Waals surface area contributed by atoms with E-state index in [4.69, 9.17) is 5.26 Å². The van der Waals surface area contributed by atoms with Gasteiger partial charge in [0.25, 0.3) is 0 Å². The van der Waals surface area contributed by atoms with Crippen molar-refractivity contribution in [1.29, 1.82) is 5.26 Å². The highest BCUT2D eigenvalue weighted by molar-refractivity contribution is 5.96. The van der Waals surface area contributed by atoms with Crippen LogP contribution in [0.25, 0.3) is 11.1 Å². The van der Waals surface area contributed by atoms with Crippen LogP contribution < -0.4 is 15.5 Å². The molecule has 6 nitrogen and oxygen atoms in total. The number of fused-ring (bicyclic) bond motifs is 1. The summed E-state index contributed by atoms with van der Waals surface area (Å²) >= 11 is 0. The molecule has 0 aliphatic carbocycles. The second-order valence-electron chi connectivity index (χ2n) is 10.4. The third-order valence-electron chi connectivity index (χ3n) is 6.51. The van der Waals surface area contributed by atoms with Crippen LogP contribution in [0.4, 0.5) is 17.1 Å². The highest BCUT2D eigenvalue weighted by Crippen LogP contribution is 2.41.